The van der Waals surface area contributed by atoms with Crippen LogP contribution in [-0.2, 0) is 4.74 Å². The Morgan fingerprint density at radius 3 is 2.70 bits per heavy atom. The van der Waals surface area contributed by atoms with Crippen molar-refractivity contribution in [2.45, 2.75) is 19.2 Å². The van der Waals surface area contributed by atoms with Crippen LogP contribution >= 0.6 is 27.5 Å². The van der Waals surface area contributed by atoms with Crippen LogP contribution in [0.4, 0.5) is 18.9 Å². The second-order valence-corrected chi connectivity index (χ2v) is 8.25. The van der Waals surface area contributed by atoms with Gasteiger partial charge in [-0.15, -0.1) is 0 Å². The van der Waals surface area contributed by atoms with Gasteiger partial charge in [-0.2, -0.15) is 13.2 Å². The highest BCUT2D eigenvalue weighted by Crippen LogP contribution is 2.46. The van der Waals surface area contributed by atoms with Crippen LogP contribution in [0.2, 0.25) is 5.02 Å². The lowest BCUT2D eigenvalue weighted by Crippen LogP contribution is -2.42. The minimum Gasteiger partial charge on any atom is -0.495 e. The zero-order chi connectivity index (χ0) is 21.6. The van der Waals surface area contributed by atoms with E-state index in [1.807, 2.05) is 0 Å². The van der Waals surface area contributed by atoms with Crippen LogP contribution in [0, 0.1) is 0 Å². The largest absolute Gasteiger partial charge is 0.495 e. The third-order valence-electron chi connectivity index (χ3n) is 5.04. The van der Waals surface area contributed by atoms with Gasteiger partial charge in [-0.1, -0.05) is 39.7 Å². The minimum absolute atomic E-state index is 0.0273. The molecule has 0 radical (unpaired) electrons. The minimum atomic E-state index is -4.54. The first-order valence-corrected chi connectivity index (χ1v) is 10.2. The summed E-state index contributed by atoms with van der Waals surface area (Å²) in [4.78, 5) is 5.51. The van der Waals surface area contributed by atoms with Crippen LogP contribution in [0.5, 0.6) is 5.75 Å². The molecule has 0 fully saturated rings. The van der Waals surface area contributed by atoms with Gasteiger partial charge in [-0.3, -0.25) is 9.89 Å². The standard InChI is InChI=1S/C21H17BrClF3N2O2/c1-11-9-27-17-10-30-19(13-4-3-5-16(29-2)18(13)23)14-8-12(22)6-7-15(14)28(17)20(11)21(24,25)26/h3-8,19H,9-10H2,1-2H3/t19-/m1/s1. The van der Waals surface area contributed by atoms with Gasteiger partial charge in [0, 0.05) is 15.6 Å². The number of ether oxygens (including phenoxy) is 2. The Morgan fingerprint density at radius 1 is 1.23 bits per heavy atom. The van der Waals surface area contributed by atoms with Crippen LogP contribution in [0.25, 0.3) is 0 Å². The molecule has 2 aromatic rings. The average molecular weight is 502 g/mol. The summed E-state index contributed by atoms with van der Waals surface area (Å²) in [5.74, 6) is 0.665. The first-order valence-electron chi connectivity index (χ1n) is 9.06. The van der Waals surface area contributed by atoms with Crippen LogP contribution in [0.3, 0.4) is 0 Å². The number of halogens is 5. The molecule has 0 bridgehead atoms. The van der Waals surface area contributed by atoms with Gasteiger partial charge in [0.15, 0.2) is 0 Å². The van der Waals surface area contributed by atoms with Crippen molar-refractivity contribution >= 4 is 39.1 Å². The summed E-state index contributed by atoms with van der Waals surface area (Å²) >= 11 is 9.95. The van der Waals surface area contributed by atoms with E-state index in [2.05, 4.69) is 20.9 Å². The van der Waals surface area contributed by atoms with Crippen LogP contribution in [0.15, 0.2) is 57.1 Å². The highest BCUT2D eigenvalue weighted by Gasteiger charge is 2.45. The third-order valence-corrected chi connectivity index (χ3v) is 5.94. The Hall–Kier alpha value is -2.03. The number of benzene rings is 2. The Morgan fingerprint density at radius 2 is 2.00 bits per heavy atom. The van der Waals surface area contributed by atoms with Gasteiger partial charge in [0.2, 0.25) is 0 Å². The van der Waals surface area contributed by atoms with Crippen molar-refractivity contribution < 1.29 is 22.6 Å². The molecule has 0 aliphatic carbocycles. The monoisotopic (exact) mass is 500 g/mol. The smallest absolute Gasteiger partial charge is 0.431 e. The molecule has 0 aromatic heterocycles. The highest BCUT2D eigenvalue weighted by atomic mass is 79.9. The van der Waals surface area contributed by atoms with Crippen molar-refractivity contribution in [3.8, 4) is 5.75 Å². The maximum atomic E-state index is 14.0. The molecule has 0 N–H and O–H groups in total. The zero-order valence-corrected chi connectivity index (χ0v) is 18.4. The Bertz CT molecular complexity index is 1070. The number of rotatable bonds is 2. The van der Waals surface area contributed by atoms with Crippen LogP contribution < -0.4 is 9.64 Å². The lowest BCUT2D eigenvalue weighted by molar-refractivity contribution is -0.0932. The molecule has 0 amide bonds. The fourth-order valence-corrected chi connectivity index (χ4v) is 4.43. The van der Waals surface area contributed by atoms with Crippen molar-refractivity contribution in [2.75, 3.05) is 25.2 Å². The summed E-state index contributed by atoms with van der Waals surface area (Å²) in [5.41, 5.74) is 0.922. The van der Waals surface area contributed by atoms with Crippen molar-refractivity contribution in [1.29, 1.82) is 0 Å². The number of hydrogen-bond donors (Lipinski definition) is 0. The Balaban J connectivity index is 1.95. The maximum absolute atomic E-state index is 14.0. The van der Waals surface area contributed by atoms with E-state index in [4.69, 9.17) is 21.1 Å². The average Bonchev–Trinajstić information content (AvgIpc) is 2.84. The number of aliphatic imine (C=N–C) groups is 1. The van der Waals surface area contributed by atoms with Crippen molar-refractivity contribution in [3.63, 3.8) is 0 Å². The molecule has 0 unspecified atom stereocenters. The lowest BCUT2D eigenvalue weighted by Gasteiger charge is -2.33. The fraction of sp³-hybridized carbons (Fsp3) is 0.286. The van der Waals surface area contributed by atoms with E-state index in [1.165, 1.54) is 14.0 Å². The second-order valence-electron chi connectivity index (χ2n) is 6.95. The van der Waals surface area contributed by atoms with Crippen molar-refractivity contribution in [1.82, 2.24) is 0 Å². The molecule has 2 aliphatic heterocycles. The zero-order valence-electron chi connectivity index (χ0n) is 16.1. The van der Waals surface area contributed by atoms with Gasteiger partial charge in [-0.25, -0.2) is 0 Å². The van der Waals surface area contributed by atoms with Gasteiger partial charge in [-0.05, 0) is 36.8 Å². The predicted molar refractivity (Wildman–Crippen MR) is 113 cm³/mol. The van der Waals surface area contributed by atoms with E-state index in [9.17, 15) is 13.2 Å². The number of allylic oxidation sites excluding steroid dienone is 1. The normalized spacial score (nSPS) is 19.1. The Labute approximate surface area is 185 Å². The molecule has 0 spiro atoms. The van der Waals surface area contributed by atoms with Gasteiger partial charge in [0.1, 0.15) is 30.0 Å². The SMILES string of the molecule is COc1cccc([C@H]2OCC3=NCC(C)=C(C(F)(F)F)N3c3ccc(Br)cc32)c1Cl. The van der Waals surface area contributed by atoms with Crippen molar-refractivity contribution in [2.24, 2.45) is 4.99 Å². The van der Waals surface area contributed by atoms with Gasteiger partial charge in [0.05, 0.1) is 24.4 Å². The maximum Gasteiger partial charge on any atom is 0.431 e. The van der Waals surface area contributed by atoms with Crippen LogP contribution in [0.1, 0.15) is 24.2 Å². The molecule has 4 nitrogen and oxygen atoms in total. The molecule has 4 rings (SSSR count). The number of methoxy groups -OCH3 is 1. The van der Waals surface area contributed by atoms with Gasteiger partial charge in [0.25, 0.3) is 0 Å². The number of alkyl halides is 3. The van der Waals surface area contributed by atoms with E-state index in [0.29, 0.717) is 32.1 Å². The first-order chi connectivity index (χ1) is 14.2. The van der Waals surface area contributed by atoms with E-state index >= 15 is 0 Å². The number of amidine groups is 1. The molecular formula is C21H17BrClF3N2O2. The number of hydrogen-bond acceptors (Lipinski definition) is 4. The molecule has 9 heteroatoms. The molecular weight excluding hydrogens is 485 g/mol. The summed E-state index contributed by atoms with van der Waals surface area (Å²) in [6, 6.07) is 10.3. The molecule has 2 aromatic carbocycles. The summed E-state index contributed by atoms with van der Waals surface area (Å²) < 4.78 is 54.1. The fourth-order valence-electron chi connectivity index (χ4n) is 3.75. The summed E-state index contributed by atoms with van der Waals surface area (Å²) in [6.07, 6.45) is -5.24. The summed E-state index contributed by atoms with van der Waals surface area (Å²) in [5, 5.41) is 0.348. The summed E-state index contributed by atoms with van der Waals surface area (Å²) in [6.45, 7) is 1.32. The first kappa shape index (κ1) is 21.2. The quantitative estimate of drug-likeness (QED) is 0.485. The molecule has 2 aliphatic rings. The van der Waals surface area contributed by atoms with E-state index < -0.39 is 18.0 Å². The van der Waals surface area contributed by atoms with E-state index in [1.54, 1.807) is 36.4 Å². The van der Waals surface area contributed by atoms with E-state index in [-0.39, 0.29) is 24.6 Å². The van der Waals surface area contributed by atoms with Gasteiger partial charge >= 0.3 is 6.18 Å². The highest BCUT2D eigenvalue weighted by molar-refractivity contribution is 9.10. The molecule has 0 saturated heterocycles. The molecule has 2 heterocycles. The third kappa shape index (κ3) is 3.61. The second kappa shape index (κ2) is 7.90. The predicted octanol–water partition coefficient (Wildman–Crippen LogP) is 6.29. The molecule has 0 saturated carbocycles. The Kier molecular flexibility index (Phi) is 5.59. The topological polar surface area (TPSA) is 34.1 Å². The van der Waals surface area contributed by atoms with E-state index in [0.717, 1.165) is 4.90 Å². The number of nitrogens with zero attached hydrogens (tertiary/aromatic N) is 2. The molecule has 1 atom stereocenters. The lowest BCUT2D eigenvalue weighted by atomic mass is 9.98. The van der Waals surface area contributed by atoms with Crippen LogP contribution in [-0.4, -0.2) is 32.3 Å². The number of anilines is 1. The van der Waals surface area contributed by atoms with Crippen molar-refractivity contribution in [3.05, 3.63) is 68.3 Å². The molecule has 30 heavy (non-hydrogen) atoms. The van der Waals surface area contributed by atoms with Gasteiger partial charge < -0.3 is 9.47 Å². The number of fused-ring (bicyclic) bond motifs is 3. The molecule has 158 valence electrons. The summed E-state index contributed by atoms with van der Waals surface area (Å²) in [7, 11) is 1.50.